The highest BCUT2D eigenvalue weighted by molar-refractivity contribution is 5.16. The fourth-order valence-electron chi connectivity index (χ4n) is 3.51. The molecule has 1 atom stereocenters. The summed E-state index contributed by atoms with van der Waals surface area (Å²) in [4.78, 5) is 6.68. The number of ether oxygens (including phenoxy) is 1. The summed E-state index contributed by atoms with van der Waals surface area (Å²) in [7, 11) is 0. The third kappa shape index (κ3) is 4.78. The molecule has 1 aromatic carbocycles. The van der Waals surface area contributed by atoms with Crippen molar-refractivity contribution in [2.45, 2.75) is 26.2 Å². The van der Waals surface area contributed by atoms with Gasteiger partial charge in [0.05, 0.1) is 24.6 Å². The molecule has 140 valence electrons. The third-order valence-electron chi connectivity index (χ3n) is 4.79. The van der Waals surface area contributed by atoms with Gasteiger partial charge in [-0.1, -0.05) is 18.2 Å². The Bertz CT molecular complexity index is 850. The third-order valence-corrected chi connectivity index (χ3v) is 4.79. The summed E-state index contributed by atoms with van der Waals surface area (Å²) < 4.78 is 21.2. The van der Waals surface area contributed by atoms with Crippen LogP contribution in [0.1, 0.15) is 17.0 Å². The summed E-state index contributed by atoms with van der Waals surface area (Å²) in [5, 5.41) is 4.46. The number of aromatic nitrogens is 3. The van der Waals surface area contributed by atoms with Crippen LogP contribution >= 0.6 is 0 Å². The van der Waals surface area contributed by atoms with E-state index in [2.05, 4.69) is 25.7 Å². The summed E-state index contributed by atoms with van der Waals surface area (Å²) in [6.45, 7) is 4.51. The first kappa shape index (κ1) is 17.8. The Morgan fingerprint density at radius 2 is 1.93 bits per heavy atom. The van der Waals surface area contributed by atoms with Gasteiger partial charge in [0.15, 0.2) is 0 Å². The second kappa shape index (κ2) is 8.41. The Hall–Kier alpha value is -2.57. The summed E-state index contributed by atoms with van der Waals surface area (Å²) in [5.74, 6) is 0.129. The van der Waals surface area contributed by atoms with Gasteiger partial charge in [0.25, 0.3) is 0 Å². The van der Waals surface area contributed by atoms with Crippen LogP contribution in [0.5, 0.6) is 0 Å². The Morgan fingerprint density at radius 3 is 2.74 bits per heavy atom. The molecule has 0 fully saturated rings. The molecule has 1 aliphatic rings. The van der Waals surface area contributed by atoms with Gasteiger partial charge in [-0.05, 0) is 35.9 Å². The zero-order valence-electron chi connectivity index (χ0n) is 15.2. The number of benzene rings is 1. The van der Waals surface area contributed by atoms with Crippen molar-refractivity contribution in [1.29, 1.82) is 0 Å². The van der Waals surface area contributed by atoms with Crippen molar-refractivity contribution < 1.29 is 9.13 Å². The predicted molar refractivity (Wildman–Crippen MR) is 100 cm³/mol. The molecule has 0 unspecified atom stereocenters. The zero-order chi connectivity index (χ0) is 18.5. The predicted octanol–water partition coefficient (Wildman–Crippen LogP) is 3.27. The Kier molecular flexibility index (Phi) is 5.55. The maximum Gasteiger partial charge on any atom is 0.123 e. The van der Waals surface area contributed by atoms with Crippen LogP contribution in [0, 0.1) is 11.7 Å². The number of hydrogen-bond acceptors (Lipinski definition) is 4. The molecule has 5 nitrogen and oxygen atoms in total. The Labute approximate surface area is 158 Å². The van der Waals surface area contributed by atoms with E-state index in [-0.39, 0.29) is 5.82 Å². The van der Waals surface area contributed by atoms with Crippen LogP contribution in [-0.4, -0.2) is 32.8 Å². The second-order valence-corrected chi connectivity index (χ2v) is 7.00. The molecule has 2 aromatic heterocycles. The number of nitrogens with zero attached hydrogens (tertiary/aromatic N) is 4. The minimum atomic E-state index is -0.200. The molecule has 1 aliphatic heterocycles. The average molecular weight is 366 g/mol. The van der Waals surface area contributed by atoms with Crippen LogP contribution in [0.4, 0.5) is 4.39 Å². The molecular weight excluding hydrogens is 343 g/mol. The topological polar surface area (TPSA) is 43.2 Å². The van der Waals surface area contributed by atoms with Gasteiger partial charge in [-0.2, -0.15) is 5.10 Å². The highest BCUT2D eigenvalue weighted by Gasteiger charge is 2.22. The molecule has 4 rings (SSSR count). The van der Waals surface area contributed by atoms with Gasteiger partial charge < -0.3 is 4.74 Å². The molecule has 6 heteroatoms. The molecular formula is C21H23FN4O. The zero-order valence-corrected chi connectivity index (χ0v) is 15.2. The summed E-state index contributed by atoms with van der Waals surface area (Å²) in [6.07, 6.45) is 3.63. The summed E-state index contributed by atoms with van der Waals surface area (Å²) in [5.41, 5.74) is 3.25. The van der Waals surface area contributed by atoms with E-state index in [1.54, 1.807) is 6.20 Å². The fraction of sp³-hybridized carbons (Fsp3) is 0.333. The molecule has 27 heavy (non-hydrogen) atoms. The number of fused-ring (bicyclic) bond motifs is 1. The number of rotatable bonds is 6. The standard InChI is InChI=1S/C21H23FN4O/c22-19-6-4-17(5-7-19)11-25-12-18(13-26-21(14-25)8-10-24-26)15-27-16-20-3-1-2-9-23-20/h1-10,18H,11-16H2/t18-/m1/s1. The van der Waals surface area contributed by atoms with Crippen molar-refractivity contribution in [2.75, 3.05) is 13.2 Å². The van der Waals surface area contributed by atoms with Crippen molar-refractivity contribution in [2.24, 2.45) is 5.92 Å². The van der Waals surface area contributed by atoms with Gasteiger partial charge in [-0.3, -0.25) is 14.6 Å². The van der Waals surface area contributed by atoms with Gasteiger partial charge in [-0.15, -0.1) is 0 Å². The van der Waals surface area contributed by atoms with Crippen LogP contribution in [0.3, 0.4) is 0 Å². The van der Waals surface area contributed by atoms with E-state index in [1.807, 2.05) is 36.5 Å². The molecule has 0 N–H and O–H groups in total. The molecule has 0 bridgehead atoms. The molecule has 0 spiro atoms. The lowest BCUT2D eigenvalue weighted by Gasteiger charge is -2.24. The Balaban J connectivity index is 1.41. The van der Waals surface area contributed by atoms with Crippen molar-refractivity contribution >= 4 is 0 Å². The monoisotopic (exact) mass is 366 g/mol. The quantitative estimate of drug-likeness (QED) is 0.672. The fourth-order valence-corrected chi connectivity index (χ4v) is 3.51. The SMILES string of the molecule is Fc1ccc(CN2Cc3ccnn3C[C@H](COCc3ccccn3)C2)cc1. The van der Waals surface area contributed by atoms with Crippen LogP contribution in [-0.2, 0) is 31.0 Å². The molecule has 3 aromatic rings. The number of halogens is 1. The first-order valence-electron chi connectivity index (χ1n) is 9.21. The van der Waals surface area contributed by atoms with E-state index >= 15 is 0 Å². The van der Waals surface area contributed by atoms with Crippen LogP contribution in [0.15, 0.2) is 60.9 Å². The maximum absolute atomic E-state index is 13.2. The van der Waals surface area contributed by atoms with Crippen molar-refractivity contribution in [3.05, 3.63) is 83.7 Å². The lowest BCUT2D eigenvalue weighted by atomic mass is 10.1. The van der Waals surface area contributed by atoms with E-state index < -0.39 is 0 Å². The van der Waals surface area contributed by atoms with Crippen molar-refractivity contribution in [3.8, 4) is 0 Å². The minimum Gasteiger partial charge on any atom is -0.375 e. The van der Waals surface area contributed by atoms with Crippen LogP contribution in [0.2, 0.25) is 0 Å². The molecule has 3 heterocycles. The minimum absolute atomic E-state index is 0.200. The van der Waals surface area contributed by atoms with E-state index in [4.69, 9.17) is 4.74 Å². The smallest absolute Gasteiger partial charge is 0.123 e. The molecule has 0 saturated heterocycles. The van der Waals surface area contributed by atoms with Crippen LogP contribution in [0.25, 0.3) is 0 Å². The summed E-state index contributed by atoms with van der Waals surface area (Å²) >= 11 is 0. The van der Waals surface area contributed by atoms with Crippen LogP contribution < -0.4 is 0 Å². The Morgan fingerprint density at radius 1 is 1.04 bits per heavy atom. The average Bonchev–Trinajstić information content (AvgIpc) is 3.04. The largest absolute Gasteiger partial charge is 0.375 e. The van der Waals surface area contributed by atoms with Crippen molar-refractivity contribution in [1.82, 2.24) is 19.7 Å². The molecule has 0 saturated carbocycles. The molecule has 0 amide bonds. The van der Waals surface area contributed by atoms with Gasteiger partial charge in [-0.25, -0.2) is 4.39 Å². The van der Waals surface area contributed by atoms with E-state index in [0.29, 0.717) is 19.1 Å². The van der Waals surface area contributed by atoms with E-state index in [0.717, 1.165) is 37.4 Å². The van der Waals surface area contributed by atoms with E-state index in [1.165, 1.54) is 17.8 Å². The van der Waals surface area contributed by atoms with Gasteiger partial charge in [0.1, 0.15) is 5.82 Å². The lowest BCUT2D eigenvalue weighted by Crippen LogP contribution is -2.30. The molecule has 0 aliphatic carbocycles. The number of hydrogen-bond donors (Lipinski definition) is 0. The summed E-state index contributed by atoms with van der Waals surface area (Å²) in [6, 6.07) is 14.7. The first-order valence-corrected chi connectivity index (χ1v) is 9.21. The lowest BCUT2D eigenvalue weighted by molar-refractivity contribution is 0.0640. The number of pyridine rings is 1. The van der Waals surface area contributed by atoms with Gasteiger partial charge in [0, 0.05) is 44.5 Å². The maximum atomic E-state index is 13.2. The van der Waals surface area contributed by atoms with E-state index in [9.17, 15) is 4.39 Å². The second-order valence-electron chi connectivity index (χ2n) is 7.00. The normalized spacial score (nSPS) is 17.4. The van der Waals surface area contributed by atoms with Crippen molar-refractivity contribution in [3.63, 3.8) is 0 Å². The highest BCUT2D eigenvalue weighted by Crippen LogP contribution is 2.19. The first-order chi connectivity index (χ1) is 13.3. The highest BCUT2D eigenvalue weighted by atomic mass is 19.1. The van der Waals surface area contributed by atoms with Gasteiger partial charge >= 0.3 is 0 Å². The molecule has 0 radical (unpaired) electrons. The van der Waals surface area contributed by atoms with Gasteiger partial charge in [0.2, 0.25) is 0 Å².